The highest BCUT2D eigenvalue weighted by atomic mass is 19.4. The lowest BCUT2D eigenvalue weighted by Gasteiger charge is -2.53. The van der Waals surface area contributed by atoms with E-state index in [2.05, 4.69) is 54.0 Å². The molecule has 2 aliphatic heterocycles. The van der Waals surface area contributed by atoms with E-state index in [1.165, 1.54) is 13.3 Å². The molecule has 264 valence electrons. The molecule has 1 amide bonds. The summed E-state index contributed by atoms with van der Waals surface area (Å²) in [5.74, 6) is -0.427. The molecule has 2 aromatic heterocycles. The van der Waals surface area contributed by atoms with Crippen LogP contribution in [-0.4, -0.2) is 112 Å². The number of nitrogens with zero attached hydrogens (tertiary/aromatic N) is 7. The summed E-state index contributed by atoms with van der Waals surface area (Å²) < 4.78 is 56.4. The second-order valence-electron chi connectivity index (χ2n) is 12.4. The molecule has 2 saturated heterocycles. The number of piperazine rings is 2. The minimum Gasteiger partial charge on any atom is -0.481 e. The molecule has 0 N–H and O–H groups in total. The van der Waals surface area contributed by atoms with Gasteiger partial charge in [0.05, 0.1) is 31.2 Å². The van der Waals surface area contributed by atoms with Gasteiger partial charge in [-0.05, 0) is 25.0 Å². The number of aryl methyl sites for hydroxylation is 1. The topological polar surface area (TPSA) is 106 Å². The van der Waals surface area contributed by atoms with Crippen LogP contribution in [0, 0.1) is 6.92 Å². The standard InChI is InChI=1S/C36H40F3N7O4/c1-4-49-35-42-32(48-3)28(33(43-35)50-23-36(37,38)39)21-44-19-27-20-45(34(47)29-18-40-24(2)17-41-29)15-16-46(27)30(22-44)31(25-11-7-5-8-12-25)26-13-9-6-10-14-26/h5-14,17-18,27,30-31H,4,15-16,19-23H2,1-3H3. The van der Waals surface area contributed by atoms with E-state index >= 15 is 0 Å². The van der Waals surface area contributed by atoms with Gasteiger partial charge in [-0.1, -0.05) is 60.7 Å². The van der Waals surface area contributed by atoms with Crippen LogP contribution in [0.25, 0.3) is 0 Å². The highest BCUT2D eigenvalue weighted by molar-refractivity contribution is 5.92. The number of hydrogen-bond acceptors (Lipinski definition) is 10. The van der Waals surface area contributed by atoms with Crippen molar-refractivity contribution in [3.8, 4) is 17.8 Å². The Morgan fingerprint density at radius 3 is 2.18 bits per heavy atom. The first-order valence-corrected chi connectivity index (χ1v) is 16.6. The van der Waals surface area contributed by atoms with E-state index in [-0.39, 0.29) is 66.1 Å². The molecule has 50 heavy (non-hydrogen) atoms. The first kappa shape index (κ1) is 35.0. The van der Waals surface area contributed by atoms with E-state index in [9.17, 15) is 18.0 Å². The van der Waals surface area contributed by atoms with Gasteiger partial charge in [0.1, 0.15) is 5.69 Å². The molecule has 2 aromatic carbocycles. The average Bonchev–Trinajstić information content (AvgIpc) is 3.12. The zero-order valence-electron chi connectivity index (χ0n) is 28.2. The average molecular weight is 692 g/mol. The summed E-state index contributed by atoms with van der Waals surface area (Å²) in [6.45, 7) is 4.96. The number of amides is 1. The first-order chi connectivity index (χ1) is 24.1. The van der Waals surface area contributed by atoms with Crippen molar-refractivity contribution in [1.82, 2.24) is 34.6 Å². The van der Waals surface area contributed by atoms with Gasteiger partial charge >= 0.3 is 12.2 Å². The van der Waals surface area contributed by atoms with Crippen molar-refractivity contribution in [2.24, 2.45) is 0 Å². The van der Waals surface area contributed by atoms with Crippen LogP contribution in [0.15, 0.2) is 73.1 Å². The van der Waals surface area contributed by atoms with Crippen LogP contribution in [0.3, 0.4) is 0 Å². The van der Waals surface area contributed by atoms with Gasteiger partial charge in [0.2, 0.25) is 11.8 Å². The molecular formula is C36H40F3N7O4. The highest BCUT2D eigenvalue weighted by Crippen LogP contribution is 2.38. The Morgan fingerprint density at radius 1 is 0.900 bits per heavy atom. The van der Waals surface area contributed by atoms with Gasteiger partial charge in [0, 0.05) is 63.5 Å². The van der Waals surface area contributed by atoms with Crippen molar-refractivity contribution in [1.29, 1.82) is 0 Å². The number of rotatable bonds is 11. The number of aromatic nitrogens is 4. The van der Waals surface area contributed by atoms with E-state index < -0.39 is 12.8 Å². The molecule has 0 bridgehead atoms. The third kappa shape index (κ3) is 8.13. The van der Waals surface area contributed by atoms with E-state index in [1.54, 1.807) is 18.0 Å². The quantitative estimate of drug-likeness (QED) is 0.219. The SMILES string of the molecule is CCOc1nc(OC)c(CN2CC3CN(C(=O)c4cnc(C)cn4)CCN3C(C(c3ccccc3)c3ccccc3)C2)c(OCC(F)(F)F)n1. The van der Waals surface area contributed by atoms with Crippen molar-refractivity contribution < 1.29 is 32.2 Å². The van der Waals surface area contributed by atoms with Crippen LogP contribution in [0.2, 0.25) is 0 Å². The molecule has 0 saturated carbocycles. The summed E-state index contributed by atoms with van der Waals surface area (Å²) in [4.78, 5) is 37.2. The van der Waals surface area contributed by atoms with Gasteiger partial charge in [-0.25, -0.2) is 4.98 Å². The third-order valence-corrected chi connectivity index (χ3v) is 8.99. The molecule has 2 atom stereocenters. The second-order valence-corrected chi connectivity index (χ2v) is 12.4. The first-order valence-electron chi connectivity index (χ1n) is 16.6. The zero-order valence-corrected chi connectivity index (χ0v) is 28.2. The summed E-state index contributed by atoms with van der Waals surface area (Å²) >= 11 is 0. The maximum Gasteiger partial charge on any atom is 0.422 e. The molecule has 0 spiro atoms. The van der Waals surface area contributed by atoms with E-state index in [0.717, 1.165) is 16.8 Å². The van der Waals surface area contributed by atoms with Crippen LogP contribution < -0.4 is 14.2 Å². The Hall–Kier alpha value is -4.82. The molecule has 0 aliphatic carbocycles. The lowest BCUT2D eigenvalue weighted by atomic mass is 9.81. The van der Waals surface area contributed by atoms with E-state index in [0.29, 0.717) is 32.7 Å². The number of carbonyl (C=O) groups is 1. The number of methoxy groups -OCH3 is 1. The number of benzene rings is 2. The summed E-state index contributed by atoms with van der Waals surface area (Å²) in [5, 5.41) is 0. The smallest absolute Gasteiger partial charge is 0.422 e. The van der Waals surface area contributed by atoms with Gasteiger partial charge in [0.25, 0.3) is 5.91 Å². The summed E-state index contributed by atoms with van der Waals surface area (Å²) in [5.41, 5.74) is 3.55. The maximum atomic E-state index is 13.6. The van der Waals surface area contributed by atoms with Gasteiger partial charge < -0.3 is 19.1 Å². The van der Waals surface area contributed by atoms with E-state index in [1.807, 2.05) is 43.3 Å². The molecule has 6 rings (SSSR count). The minimum atomic E-state index is -4.59. The Kier molecular flexibility index (Phi) is 10.8. The van der Waals surface area contributed by atoms with Crippen LogP contribution in [0.5, 0.6) is 17.8 Å². The molecular weight excluding hydrogens is 651 g/mol. The van der Waals surface area contributed by atoms with Crippen molar-refractivity contribution >= 4 is 5.91 Å². The molecule has 11 nitrogen and oxygen atoms in total. The summed E-state index contributed by atoms with van der Waals surface area (Å²) in [6.07, 6.45) is -1.51. The van der Waals surface area contributed by atoms with Gasteiger partial charge in [-0.3, -0.25) is 19.6 Å². The Labute approximate surface area is 289 Å². The fourth-order valence-corrected chi connectivity index (χ4v) is 6.86. The van der Waals surface area contributed by atoms with Crippen molar-refractivity contribution in [3.63, 3.8) is 0 Å². The number of fused-ring (bicyclic) bond motifs is 1. The molecule has 2 unspecified atom stereocenters. The van der Waals surface area contributed by atoms with E-state index in [4.69, 9.17) is 14.2 Å². The summed E-state index contributed by atoms with van der Waals surface area (Å²) in [7, 11) is 1.40. The number of hydrogen-bond donors (Lipinski definition) is 0. The van der Waals surface area contributed by atoms with Crippen molar-refractivity contribution in [2.45, 2.75) is 44.6 Å². The van der Waals surface area contributed by atoms with Crippen LogP contribution in [0.4, 0.5) is 13.2 Å². The number of alkyl halides is 3. The Balaban J connectivity index is 1.38. The van der Waals surface area contributed by atoms with Gasteiger partial charge in [0.15, 0.2) is 6.61 Å². The predicted octanol–water partition coefficient (Wildman–Crippen LogP) is 4.77. The van der Waals surface area contributed by atoms with Crippen LogP contribution in [0.1, 0.15) is 45.7 Å². The minimum absolute atomic E-state index is 0.0488. The predicted molar refractivity (Wildman–Crippen MR) is 178 cm³/mol. The van der Waals surface area contributed by atoms with Gasteiger partial charge in [-0.2, -0.15) is 23.1 Å². The molecule has 2 fully saturated rings. The Morgan fingerprint density at radius 2 is 1.58 bits per heavy atom. The number of halogens is 3. The zero-order chi connectivity index (χ0) is 35.3. The molecule has 14 heteroatoms. The van der Waals surface area contributed by atoms with Gasteiger partial charge in [-0.15, -0.1) is 0 Å². The molecule has 4 aromatic rings. The Bertz CT molecular complexity index is 1690. The molecule has 2 aliphatic rings. The lowest BCUT2D eigenvalue weighted by molar-refractivity contribution is -0.154. The number of carbonyl (C=O) groups excluding carboxylic acids is 1. The maximum absolute atomic E-state index is 13.6. The van der Waals surface area contributed by atoms with Crippen LogP contribution in [-0.2, 0) is 6.54 Å². The number of ether oxygens (including phenoxy) is 3. The third-order valence-electron chi connectivity index (χ3n) is 8.99. The monoisotopic (exact) mass is 691 g/mol. The normalized spacial score (nSPS) is 18.5. The second kappa shape index (κ2) is 15.4. The molecule has 0 radical (unpaired) electrons. The molecule has 4 heterocycles. The largest absolute Gasteiger partial charge is 0.481 e. The van der Waals surface area contributed by atoms with Crippen LogP contribution >= 0.6 is 0 Å². The summed E-state index contributed by atoms with van der Waals surface area (Å²) in [6, 6.07) is 20.2. The lowest BCUT2D eigenvalue weighted by Crippen LogP contribution is -2.67. The van der Waals surface area contributed by atoms with Crippen molar-refractivity contribution in [3.05, 3.63) is 101 Å². The fourth-order valence-electron chi connectivity index (χ4n) is 6.86. The highest BCUT2D eigenvalue weighted by Gasteiger charge is 2.44. The van der Waals surface area contributed by atoms with Crippen molar-refractivity contribution in [2.75, 3.05) is 53.0 Å². The fraction of sp³-hybridized carbons (Fsp3) is 0.417.